The van der Waals surface area contributed by atoms with E-state index in [1.165, 1.54) is 308 Å². The normalized spacial score (nSPS) is 12.5. The fraction of sp³-hybridized carbons (Fsp3) is 0.969. The average molecular weight is 1000 g/mol. The van der Waals surface area contributed by atoms with Crippen molar-refractivity contribution in [1.82, 2.24) is 5.32 Å². The molecule has 0 aromatic carbocycles. The van der Waals surface area contributed by atoms with Crippen molar-refractivity contribution in [2.75, 3.05) is 13.2 Å². The summed E-state index contributed by atoms with van der Waals surface area (Å²) >= 11 is 0. The van der Waals surface area contributed by atoms with E-state index in [0.717, 1.165) is 38.5 Å². The molecule has 0 aliphatic heterocycles. The van der Waals surface area contributed by atoms with Gasteiger partial charge in [0.25, 0.3) is 0 Å². The number of ether oxygens (including phenoxy) is 1. The first-order valence-corrected chi connectivity index (χ1v) is 32.8. The van der Waals surface area contributed by atoms with Crippen molar-refractivity contribution >= 4 is 11.9 Å². The first-order chi connectivity index (χ1) is 35.0. The van der Waals surface area contributed by atoms with Gasteiger partial charge in [0.2, 0.25) is 5.91 Å². The molecule has 6 heteroatoms. The number of aliphatic hydroxyl groups is 2. The van der Waals surface area contributed by atoms with Crippen LogP contribution >= 0.6 is 0 Å². The molecule has 0 aliphatic carbocycles. The van der Waals surface area contributed by atoms with Crippen LogP contribution in [0.4, 0.5) is 0 Å². The first kappa shape index (κ1) is 69.9. The molecule has 0 spiro atoms. The maximum absolute atomic E-state index is 12.5. The van der Waals surface area contributed by atoms with E-state index >= 15 is 0 Å². The number of hydrogen-bond acceptors (Lipinski definition) is 5. The first-order valence-electron chi connectivity index (χ1n) is 32.8. The Morgan fingerprint density at radius 2 is 0.577 bits per heavy atom. The molecule has 0 saturated carbocycles. The lowest BCUT2D eigenvalue weighted by Crippen LogP contribution is -2.45. The maximum Gasteiger partial charge on any atom is 0.305 e. The zero-order valence-electron chi connectivity index (χ0n) is 48.5. The molecule has 0 saturated heterocycles. The lowest BCUT2D eigenvalue weighted by molar-refractivity contribution is -0.143. The van der Waals surface area contributed by atoms with E-state index in [1.807, 2.05) is 0 Å². The number of aliphatic hydroxyl groups excluding tert-OH is 2. The number of hydrogen-bond donors (Lipinski definition) is 3. The Balaban J connectivity index is 3.35. The minimum atomic E-state index is -0.662. The molecule has 2 unspecified atom stereocenters. The Morgan fingerprint density at radius 1 is 0.338 bits per heavy atom. The van der Waals surface area contributed by atoms with Crippen LogP contribution in [0, 0.1) is 0 Å². The van der Waals surface area contributed by atoms with Gasteiger partial charge in [0.15, 0.2) is 0 Å². The van der Waals surface area contributed by atoms with Gasteiger partial charge in [-0.1, -0.05) is 341 Å². The predicted octanol–water partition coefficient (Wildman–Crippen LogP) is 20.6. The van der Waals surface area contributed by atoms with E-state index in [2.05, 4.69) is 19.2 Å². The third kappa shape index (κ3) is 58.0. The van der Waals surface area contributed by atoms with Crippen molar-refractivity contribution in [3.63, 3.8) is 0 Å². The second kappa shape index (κ2) is 61.4. The zero-order valence-corrected chi connectivity index (χ0v) is 48.5. The van der Waals surface area contributed by atoms with Crippen LogP contribution in [0.1, 0.15) is 380 Å². The Kier molecular flexibility index (Phi) is 60.4. The highest BCUT2D eigenvalue weighted by Gasteiger charge is 2.20. The van der Waals surface area contributed by atoms with Crippen LogP contribution in [0.5, 0.6) is 0 Å². The van der Waals surface area contributed by atoms with Gasteiger partial charge in [-0.15, -0.1) is 0 Å². The molecule has 0 fully saturated rings. The SMILES string of the molecule is CCCCCCCCCCCCCCCCCCCC(O)C(CO)NC(=O)CCCCCCCCCCCCCCCCCCCCCCCCCCOC(=O)CCCCCCCCCCCCCCC. The van der Waals surface area contributed by atoms with Crippen molar-refractivity contribution in [1.29, 1.82) is 0 Å². The van der Waals surface area contributed by atoms with Crippen LogP contribution in [-0.4, -0.2) is 47.4 Å². The third-order valence-electron chi connectivity index (χ3n) is 15.7. The molecule has 0 radical (unpaired) electrons. The van der Waals surface area contributed by atoms with E-state index in [1.54, 1.807) is 0 Å². The second-order valence-corrected chi connectivity index (χ2v) is 22.8. The molecule has 0 aliphatic rings. The van der Waals surface area contributed by atoms with Gasteiger partial charge in [0.1, 0.15) is 0 Å². The molecule has 424 valence electrons. The van der Waals surface area contributed by atoms with E-state index in [4.69, 9.17) is 4.74 Å². The molecule has 0 rings (SSSR count). The Labute approximate surface area is 445 Å². The van der Waals surface area contributed by atoms with Crippen LogP contribution in [-0.2, 0) is 14.3 Å². The van der Waals surface area contributed by atoms with E-state index in [-0.39, 0.29) is 18.5 Å². The zero-order chi connectivity index (χ0) is 51.4. The van der Waals surface area contributed by atoms with Crippen molar-refractivity contribution in [2.24, 2.45) is 0 Å². The van der Waals surface area contributed by atoms with E-state index in [9.17, 15) is 19.8 Å². The molecule has 6 nitrogen and oxygen atoms in total. The van der Waals surface area contributed by atoms with E-state index in [0.29, 0.717) is 25.9 Å². The number of amides is 1. The molecule has 2 atom stereocenters. The smallest absolute Gasteiger partial charge is 0.305 e. The summed E-state index contributed by atoms with van der Waals surface area (Å²) in [6.45, 7) is 4.99. The fourth-order valence-electron chi connectivity index (χ4n) is 10.6. The number of carbonyl (C=O) groups excluding carboxylic acids is 2. The summed E-state index contributed by atoms with van der Waals surface area (Å²) in [4.78, 5) is 24.6. The number of nitrogens with one attached hydrogen (secondary N) is 1. The minimum Gasteiger partial charge on any atom is -0.466 e. The largest absolute Gasteiger partial charge is 0.466 e. The van der Waals surface area contributed by atoms with Gasteiger partial charge >= 0.3 is 5.97 Å². The molecule has 0 heterocycles. The standard InChI is InChI=1S/C65H129NO5/c1-3-5-7-9-11-13-15-17-18-27-30-34-37-41-45-49-53-57-63(68)62(61-67)66-64(69)58-54-50-46-42-38-35-31-28-25-23-21-19-20-22-24-26-29-32-36-40-44-48-52-56-60-71-65(70)59-55-51-47-43-39-33-16-14-12-10-8-6-4-2/h62-63,67-68H,3-61H2,1-2H3,(H,66,69). The van der Waals surface area contributed by atoms with Crippen LogP contribution in [0.2, 0.25) is 0 Å². The van der Waals surface area contributed by atoms with Crippen molar-refractivity contribution < 1.29 is 24.5 Å². The van der Waals surface area contributed by atoms with Gasteiger partial charge in [0.05, 0.1) is 25.4 Å². The summed E-state index contributed by atoms with van der Waals surface area (Å²) in [5.41, 5.74) is 0. The maximum atomic E-state index is 12.5. The molecule has 3 N–H and O–H groups in total. The molecule has 71 heavy (non-hydrogen) atoms. The molecule has 0 aromatic rings. The number of carbonyl (C=O) groups is 2. The fourth-order valence-corrected chi connectivity index (χ4v) is 10.6. The highest BCUT2D eigenvalue weighted by atomic mass is 16.5. The van der Waals surface area contributed by atoms with Crippen molar-refractivity contribution in [2.45, 2.75) is 392 Å². The van der Waals surface area contributed by atoms with Gasteiger partial charge in [-0.05, 0) is 25.7 Å². The summed E-state index contributed by atoms with van der Waals surface area (Å²) < 4.78 is 5.49. The van der Waals surface area contributed by atoms with Crippen LogP contribution < -0.4 is 5.32 Å². The highest BCUT2D eigenvalue weighted by Crippen LogP contribution is 2.19. The van der Waals surface area contributed by atoms with Gasteiger partial charge in [0, 0.05) is 12.8 Å². The highest BCUT2D eigenvalue weighted by molar-refractivity contribution is 5.76. The summed E-state index contributed by atoms with van der Waals surface area (Å²) in [6.07, 6.45) is 72.7. The molecule has 1 amide bonds. The predicted molar refractivity (Wildman–Crippen MR) is 310 cm³/mol. The molecular formula is C65H129NO5. The minimum absolute atomic E-state index is 0.0181. The van der Waals surface area contributed by atoms with Crippen LogP contribution in [0.15, 0.2) is 0 Å². The number of esters is 1. The van der Waals surface area contributed by atoms with Gasteiger partial charge in [-0.2, -0.15) is 0 Å². The quantitative estimate of drug-likeness (QED) is 0.0417. The topological polar surface area (TPSA) is 95.9 Å². The van der Waals surface area contributed by atoms with Gasteiger partial charge < -0.3 is 20.3 Å². The molecule has 0 aromatic heterocycles. The Morgan fingerprint density at radius 3 is 0.859 bits per heavy atom. The molecule has 0 bridgehead atoms. The van der Waals surface area contributed by atoms with Crippen molar-refractivity contribution in [3.8, 4) is 0 Å². The second-order valence-electron chi connectivity index (χ2n) is 22.8. The Bertz CT molecular complexity index is 1020. The van der Waals surface area contributed by atoms with E-state index < -0.39 is 12.1 Å². The molecular weight excluding hydrogens is 875 g/mol. The number of rotatable bonds is 62. The van der Waals surface area contributed by atoms with Crippen LogP contribution in [0.25, 0.3) is 0 Å². The summed E-state index contributed by atoms with van der Waals surface area (Å²) in [7, 11) is 0. The summed E-state index contributed by atoms with van der Waals surface area (Å²) in [5.74, 6) is -0.0116. The third-order valence-corrected chi connectivity index (χ3v) is 15.7. The Hall–Kier alpha value is -1.14. The van der Waals surface area contributed by atoms with Crippen LogP contribution in [0.3, 0.4) is 0 Å². The monoisotopic (exact) mass is 1000 g/mol. The number of unbranched alkanes of at least 4 members (excludes halogenated alkanes) is 51. The van der Waals surface area contributed by atoms with Crippen molar-refractivity contribution in [3.05, 3.63) is 0 Å². The lowest BCUT2D eigenvalue weighted by atomic mass is 10.0. The summed E-state index contributed by atoms with van der Waals surface area (Å²) in [5, 5.41) is 23.3. The summed E-state index contributed by atoms with van der Waals surface area (Å²) in [6, 6.07) is -0.539. The van der Waals surface area contributed by atoms with Gasteiger partial charge in [-0.3, -0.25) is 9.59 Å². The average Bonchev–Trinajstić information content (AvgIpc) is 3.37. The lowest BCUT2D eigenvalue weighted by Gasteiger charge is -2.22. The van der Waals surface area contributed by atoms with Gasteiger partial charge in [-0.25, -0.2) is 0 Å².